The zero-order chi connectivity index (χ0) is 15.2. The molecule has 0 radical (unpaired) electrons. The van der Waals surface area contributed by atoms with Gasteiger partial charge in [-0.2, -0.15) is 0 Å². The van der Waals surface area contributed by atoms with Crippen LogP contribution >= 0.6 is 0 Å². The second-order valence-corrected chi connectivity index (χ2v) is 5.49. The fourth-order valence-corrected chi connectivity index (χ4v) is 2.85. The molecule has 0 saturated heterocycles. The monoisotopic (exact) mass is 292 g/mol. The van der Waals surface area contributed by atoms with Gasteiger partial charge in [0.2, 0.25) is 5.91 Å². The Labute approximate surface area is 125 Å². The molecule has 0 aliphatic carbocycles. The quantitative estimate of drug-likeness (QED) is 0.781. The Morgan fingerprint density at radius 1 is 1.33 bits per heavy atom. The average Bonchev–Trinajstić information content (AvgIpc) is 2.92. The summed E-state index contributed by atoms with van der Waals surface area (Å²) in [6.45, 7) is 4.32. The maximum atomic E-state index is 12.3. The zero-order valence-electron chi connectivity index (χ0n) is 12.5. The van der Waals surface area contributed by atoms with Gasteiger partial charge < -0.3 is 20.5 Å². The topological polar surface area (TPSA) is 80.4 Å². The van der Waals surface area contributed by atoms with Crippen molar-refractivity contribution in [1.82, 2.24) is 14.8 Å². The highest BCUT2D eigenvalue weighted by Gasteiger charge is 2.26. The second-order valence-electron chi connectivity index (χ2n) is 5.49. The minimum atomic E-state index is -0.490. The largest absolute Gasteiger partial charge is 0.352 e. The molecule has 1 aliphatic heterocycles. The number of primary amides is 1. The van der Waals surface area contributed by atoms with Gasteiger partial charge in [-0.25, -0.2) is 4.79 Å². The molecule has 0 fully saturated rings. The lowest BCUT2D eigenvalue weighted by atomic mass is 10.1. The van der Waals surface area contributed by atoms with Gasteiger partial charge in [0.25, 0.3) is 0 Å². The number of carbonyl (C=O) groups excluding carboxylic acids is 2. The van der Waals surface area contributed by atoms with Crippen LogP contribution in [0.4, 0.5) is 4.79 Å². The number of unbranched alkanes of at least 4 members (excludes halogenated alkanes) is 2. The van der Waals surface area contributed by atoms with Crippen molar-refractivity contribution in [2.24, 2.45) is 5.73 Å². The number of urea groups is 1. The summed E-state index contributed by atoms with van der Waals surface area (Å²) in [4.78, 5) is 24.8. The van der Waals surface area contributed by atoms with Gasteiger partial charge >= 0.3 is 6.03 Å². The Bertz CT molecular complexity index is 498. The van der Waals surface area contributed by atoms with Crippen molar-refractivity contribution in [3.05, 3.63) is 24.0 Å². The van der Waals surface area contributed by atoms with Crippen molar-refractivity contribution >= 4 is 11.9 Å². The van der Waals surface area contributed by atoms with Gasteiger partial charge in [0.05, 0.1) is 6.04 Å². The van der Waals surface area contributed by atoms with Crippen molar-refractivity contribution in [3.63, 3.8) is 0 Å². The molecule has 6 nitrogen and oxygen atoms in total. The zero-order valence-corrected chi connectivity index (χ0v) is 12.5. The van der Waals surface area contributed by atoms with E-state index in [2.05, 4.69) is 29.1 Å². The molecule has 1 aliphatic rings. The number of fused-ring (bicyclic) bond motifs is 1. The molecule has 2 rings (SSSR count). The van der Waals surface area contributed by atoms with Crippen LogP contribution in [0, 0.1) is 0 Å². The smallest absolute Gasteiger partial charge is 0.312 e. The first-order valence-corrected chi connectivity index (χ1v) is 7.57. The fourth-order valence-electron chi connectivity index (χ4n) is 2.85. The first kappa shape index (κ1) is 15.4. The van der Waals surface area contributed by atoms with Crippen LogP contribution in [0.1, 0.15) is 44.3 Å². The van der Waals surface area contributed by atoms with E-state index in [1.54, 1.807) is 0 Å². The number of nitrogens with one attached hydrogen (secondary N) is 1. The van der Waals surface area contributed by atoms with Gasteiger partial charge in [0.15, 0.2) is 0 Å². The molecule has 0 aromatic carbocycles. The highest BCUT2D eigenvalue weighted by Crippen LogP contribution is 2.26. The Hall–Kier alpha value is -1.98. The van der Waals surface area contributed by atoms with E-state index in [4.69, 9.17) is 5.73 Å². The Kier molecular flexibility index (Phi) is 5.25. The predicted octanol–water partition coefficient (Wildman–Crippen LogP) is 1.62. The minimum Gasteiger partial charge on any atom is -0.352 e. The number of nitrogens with two attached hydrogens (primary N) is 1. The molecule has 2 heterocycles. The van der Waals surface area contributed by atoms with Crippen LogP contribution in [0.25, 0.3) is 0 Å². The van der Waals surface area contributed by atoms with Gasteiger partial charge in [0, 0.05) is 37.9 Å². The normalized spacial score (nSPS) is 17.4. The molecule has 0 bridgehead atoms. The molecule has 3 N–H and O–H groups in total. The van der Waals surface area contributed by atoms with Gasteiger partial charge in [-0.1, -0.05) is 6.42 Å². The summed E-state index contributed by atoms with van der Waals surface area (Å²) >= 11 is 0. The third kappa shape index (κ3) is 4.00. The van der Waals surface area contributed by atoms with E-state index in [0.717, 1.165) is 32.4 Å². The Balaban J connectivity index is 1.71. The summed E-state index contributed by atoms with van der Waals surface area (Å²) in [6.07, 6.45) is 5.27. The molecular formula is C15H24N4O2. The Morgan fingerprint density at radius 3 is 2.90 bits per heavy atom. The van der Waals surface area contributed by atoms with Crippen LogP contribution in [0.5, 0.6) is 0 Å². The number of nitrogens with zero attached hydrogens (tertiary/aromatic N) is 2. The van der Waals surface area contributed by atoms with Crippen molar-refractivity contribution in [2.45, 2.75) is 45.2 Å². The number of aromatic nitrogens is 1. The SMILES string of the molecule is C[C@H]1c2cccn2CCN1C(=O)CCCCCNC(N)=O. The maximum absolute atomic E-state index is 12.3. The lowest BCUT2D eigenvalue weighted by Gasteiger charge is -2.35. The number of rotatable bonds is 6. The standard InChI is InChI=1S/C15H24N4O2/c1-12-13-6-5-9-18(13)10-11-19(12)14(20)7-3-2-4-8-17-15(16)21/h5-6,9,12H,2-4,7-8,10-11H2,1H3,(H3,16,17,21)/t12-/m0/s1. The van der Waals surface area contributed by atoms with E-state index in [1.165, 1.54) is 5.69 Å². The van der Waals surface area contributed by atoms with Gasteiger partial charge in [-0.15, -0.1) is 0 Å². The third-order valence-corrected chi connectivity index (χ3v) is 4.03. The first-order chi connectivity index (χ1) is 10.1. The van der Waals surface area contributed by atoms with Crippen molar-refractivity contribution in [2.75, 3.05) is 13.1 Å². The molecule has 0 unspecified atom stereocenters. The van der Waals surface area contributed by atoms with Crippen molar-refractivity contribution in [1.29, 1.82) is 0 Å². The van der Waals surface area contributed by atoms with Crippen LogP contribution in [0.15, 0.2) is 18.3 Å². The summed E-state index contributed by atoms with van der Waals surface area (Å²) in [7, 11) is 0. The summed E-state index contributed by atoms with van der Waals surface area (Å²) in [5.74, 6) is 0.220. The predicted molar refractivity (Wildman–Crippen MR) is 80.6 cm³/mol. The summed E-state index contributed by atoms with van der Waals surface area (Å²) in [5, 5.41) is 2.55. The molecule has 1 atom stereocenters. The summed E-state index contributed by atoms with van der Waals surface area (Å²) in [5.41, 5.74) is 6.19. The number of hydrogen-bond donors (Lipinski definition) is 2. The van der Waals surface area contributed by atoms with E-state index in [9.17, 15) is 9.59 Å². The van der Waals surface area contributed by atoms with E-state index < -0.39 is 6.03 Å². The number of amides is 3. The van der Waals surface area contributed by atoms with E-state index in [0.29, 0.717) is 13.0 Å². The summed E-state index contributed by atoms with van der Waals surface area (Å²) < 4.78 is 2.21. The van der Waals surface area contributed by atoms with E-state index >= 15 is 0 Å². The van der Waals surface area contributed by atoms with E-state index in [1.807, 2.05) is 11.0 Å². The fraction of sp³-hybridized carbons (Fsp3) is 0.600. The van der Waals surface area contributed by atoms with Crippen LogP contribution in [-0.2, 0) is 11.3 Å². The van der Waals surface area contributed by atoms with Gasteiger partial charge in [-0.3, -0.25) is 4.79 Å². The molecule has 0 spiro atoms. The molecule has 116 valence electrons. The van der Waals surface area contributed by atoms with Crippen molar-refractivity contribution in [3.8, 4) is 0 Å². The molecule has 21 heavy (non-hydrogen) atoms. The lowest BCUT2D eigenvalue weighted by Crippen LogP contribution is -2.40. The Morgan fingerprint density at radius 2 is 2.14 bits per heavy atom. The highest BCUT2D eigenvalue weighted by molar-refractivity contribution is 5.76. The van der Waals surface area contributed by atoms with Crippen LogP contribution in [0.3, 0.4) is 0 Å². The van der Waals surface area contributed by atoms with E-state index in [-0.39, 0.29) is 11.9 Å². The van der Waals surface area contributed by atoms with Crippen molar-refractivity contribution < 1.29 is 9.59 Å². The van der Waals surface area contributed by atoms with Gasteiger partial charge in [-0.05, 0) is 31.9 Å². The molecule has 6 heteroatoms. The lowest BCUT2D eigenvalue weighted by molar-refractivity contribution is -0.134. The molecule has 0 saturated carbocycles. The molecule has 3 amide bonds. The average molecular weight is 292 g/mol. The first-order valence-electron chi connectivity index (χ1n) is 7.57. The maximum Gasteiger partial charge on any atom is 0.312 e. The third-order valence-electron chi connectivity index (χ3n) is 4.03. The molecular weight excluding hydrogens is 268 g/mol. The number of hydrogen-bond acceptors (Lipinski definition) is 2. The highest BCUT2D eigenvalue weighted by atomic mass is 16.2. The summed E-state index contributed by atoms with van der Waals surface area (Å²) in [6, 6.07) is 3.78. The van der Waals surface area contributed by atoms with Crippen LogP contribution < -0.4 is 11.1 Å². The second kappa shape index (κ2) is 7.15. The van der Waals surface area contributed by atoms with Gasteiger partial charge in [0.1, 0.15) is 0 Å². The van der Waals surface area contributed by atoms with Crippen LogP contribution in [-0.4, -0.2) is 34.5 Å². The minimum absolute atomic E-state index is 0.151. The number of carbonyl (C=O) groups is 2. The van der Waals surface area contributed by atoms with Crippen LogP contribution in [0.2, 0.25) is 0 Å². The molecule has 1 aromatic heterocycles. The molecule has 1 aromatic rings.